The number of methoxy groups -OCH3 is 1. The lowest BCUT2D eigenvalue weighted by Gasteiger charge is -2.36. The van der Waals surface area contributed by atoms with Crippen LogP contribution in [0.2, 0.25) is 0 Å². The number of allylic oxidation sites excluding steroid dienone is 1. The van der Waals surface area contributed by atoms with Gasteiger partial charge < -0.3 is 9.47 Å². The number of carbonyl (C=O) groups is 1. The minimum absolute atomic E-state index is 0.0883. The van der Waals surface area contributed by atoms with Crippen LogP contribution in [-0.4, -0.2) is 26.3 Å². The Bertz CT molecular complexity index is 672. The summed E-state index contributed by atoms with van der Waals surface area (Å²) in [7, 11) is 1.61. The molecule has 0 aliphatic heterocycles. The molecule has 0 spiro atoms. The molecule has 0 saturated heterocycles. The van der Waals surface area contributed by atoms with Crippen molar-refractivity contribution in [2.24, 2.45) is 5.41 Å². The van der Waals surface area contributed by atoms with E-state index in [2.05, 4.69) is 12.1 Å². The van der Waals surface area contributed by atoms with Crippen molar-refractivity contribution >= 4 is 5.97 Å². The summed E-state index contributed by atoms with van der Waals surface area (Å²) in [6, 6.07) is 13.2. The molecule has 1 aromatic rings. The molecule has 1 aromatic carbocycles. The van der Waals surface area contributed by atoms with Crippen LogP contribution in [0.4, 0.5) is 0 Å². The zero-order valence-electron chi connectivity index (χ0n) is 15.0. The first kappa shape index (κ1) is 20.4. The largest absolute Gasteiger partial charge is 0.465 e. The van der Waals surface area contributed by atoms with Gasteiger partial charge in [0.2, 0.25) is 0 Å². The van der Waals surface area contributed by atoms with Gasteiger partial charge in [-0.2, -0.15) is 10.5 Å². The van der Waals surface area contributed by atoms with Crippen molar-refractivity contribution in [3.05, 3.63) is 48.0 Å². The summed E-state index contributed by atoms with van der Waals surface area (Å²) >= 11 is 0. The summed E-state index contributed by atoms with van der Waals surface area (Å²) in [5.74, 6) is -0.679. The fourth-order valence-corrected chi connectivity index (χ4v) is 2.69. The smallest absolute Gasteiger partial charge is 0.328 e. The van der Waals surface area contributed by atoms with Crippen molar-refractivity contribution in [1.29, 1.82) is 10.5 Å². The van der Waals surface area contributed by atoms with Crippen molar-refractivity contribution in [3.8, 4) is 12.1 Å². The first-order chi connectivity index (χ1) is 12.0. The van der Waals surface area contributed by atoms with E-state index in [1.807, 2.05) is 12.1 Å². The molecule has 0 aliphatic carbocycles. The topological polar surface area (TPSA) is 83.1 Å². The molecule has 0 aliphatic rings. The maximum Gasteiger partial charge on any atom is 0.328 e. The molecule has 0 N–H and O–H groups in total. The Morgan fingerprint density at radius 2 is 1.88 bits per heavy atom. The van der Waals surface area contributed by atoms with Gasteiger partial charge in [-0.1, -0.05) is 42.5 Å². The molecule has 25 heavy (non-hydrogen) atoms. The van der Waals surface area contributed by atoms with Gasteiger partial charge in [0.25, 0.3) is 0 Å². The van der Waals surface area contributed by atoms with Crippen LogP contribution in [0, 0.1) is 28.1 Å². The third-order valence-electron chi connectivity index (χ3n) is 4.32. The van der Waals surface area contributed by atoms with E-state index in [4.69, 9.17) is 9.47 Å². The summed E-state index contributed by atoms with van der Waals surface area (Å²) in [6.45, 7) is 3.99. The highest BCUT2D eigenvalue weighted by atomic mass is 16.5. The van der Waals surface area contributed by atoms with E-state index < -0.39 is 16.8 Å². The zero-order valence-corrected chi connectivity index (χ0v) is 15.0. The second kappa shape index (κ2) is 9.61. The van der Waals surface area contributed by atoms with Gasteiger partial charge >= 0.3 is 5.97 Å². The van der Waals surface area contributed by atoms with E-state index in [1.165, 1.54) is 0 Å². The van der Waals surface area contributed by atoms with Gasteiger partial charge in [-0.15, -0.1) is 0 Å². The summed E-state index contributed by atoms with van der Waals surface area (Å²) in [4.78, 5) is 12.7. The number of rotatable bonds is 9. The van der Waals surface area contributed by atoms with Gasteiger partial charge in [0.15, 0.2) is 5.41 Å². The number of nitrogens with zero attached hydrogens (tertiary/aromatic N) is 2. The Morgan fingerprint density at radius 3 is 2.40 bits per heavy atom. The van der Waals surface area contributed by atoms with Gasteiger partial charge in [0, 0.05) is 13.7 Å². The predicted octanol–water partition coefficient (Wildman–Crippen LogP) is 3.52. The average Bonchev–Trinajstić information content (AvgIpc) is 2.65. The van der Waals surface area contributed by atoms with Gasteiger partial charge in [0.1, 0.15) is 5.41 Å². The highest BCUT2D eigenvalue weighted by Gasteiger charge is 2.56. The molecule has 0 saturated carbocycles. The molecule has 0 bridgehead atoms. The second-order valence-electron chi connectivity index (χ2n) is 5.80. The van der Waals surface area contributed by atoms with Crippen molar-refractivity contribution in [3.63, 3.8) is 0 Å². The first-order valence-electron chi connectivity index (χ1n) is 8.21. The Balaban J connectivity index is 3.38. The normalized spacial score (nSPS) is 15.6. The fraction of sp³-hybridized carbons (Fsp3) is 0.450. The summed E-state index contributed by atoms with van der Waals surface area (Å²) in [5.41, 5.74) is -2.37. The van der Waals surface area contributed by atoms with E-state index in [1.54, 1.807) is 51.3 Å². The van der Waals surface area contributed by atoms with Crippen molar-refractivity contribution < 1.29 is 14.3 Å². The van der Waals surface area contributed by atoms with Crippen LogP contribution < -0.4 is 0 Å². The van der Waals surface area contributed by atoms with Crippen LogP contribution in [0.15, 0.2) is 42.5 Å². The fourth-order valence-electron chi connectivity index (χ4n) is 2.69. The van der Waals surface area contributed by atoms with Crippen LogP contribution in [0.25, 0.3) is 0 Å². The van der Waals surface area contributed by atoms with Gasteiger partial charge in [0.05, 0.1) is 18.7 Å². The highest BCUT2D eigenvalue weighted by molar-refractivity contribution is 5.84. The Morgan fingerprint density at radius 1 is 1.20 bits per heavy atom. The predicted molar refractivity (Wildman–Crippen MR) is 94.3 cm³/mol. The van der Waals surface area contributed by atoms with Crippen LogP contribution in [0.1, 0.15) is 32.3 Å². The first-order valence-corrected chi connectivity index (χ1v) is 8.21. The van der Waals surface area contributed by atoms with Gasteiger partial charge in [-0.05, 0) is 32.3 Å². The highest BCUT2D eigenvalue weighted by Crippen LogP contribution is 2.45. The summed E-state index contributed by atoms with van der Waals surface area (Å²) < 4.78 is 10.2. The number of ether oxygens (including phenoxy) is 2. The number of benzene rings is 1. The van der Waals surface area contributed by atoms with Gasteiger partial charge in [-0.25, -0.2) is 0 Å². The van der Waals surface area contributed by atoms with Crippen LogP contribution in [-0.2, 0) is 19.7 Å². The molecule has 0 unspecified atom stereocenters. The molecular formula is C20H24N2O3. The molecule has 5 heteroatoms. The molecule has 0 amide bonds. The zero-order chi connectivity index (χ0) is 18.8. The van der Waals surface area contributed by atoms with Crippen LogP contribution >= 0.6 is 0 Å². The molecule has 132 valence electrons. The Hall–Kier alpha value is -2.63. The summed E-state index contributed by atoms with van der Waals surface area (Å²) in [5, 5.41) is 19.9. The van der Waals surface area contributed by atoms with E-state index in [0.29, 0.717) is 18.6 Å². The van der Waals surface area contributed by atoms with Crippen molar-refractivity contribution in [2.45, 2.75) is 32.1 Å². The minimum atomic E-state index is -1.64. The van der Waals surface area contributed by atoms with E-state index in [0.717, 1.165) is 0 Å². The average molecular weight is 340 g/mol. The number of hydrogen-bond donors (Lipinski definition) is 0. The lowest BCUT2D eigenvalue weighted by molar-refractivity contribution is -0.154. The van der Waals surface area contributed by atoms with E-state index >= 15 is 0 Å². The maximum atomic E-state index is 12.7. The third kappa shape index (κ3) is 4.26. The molecular weight excluding hydrogens is 316 g/mol. The molecule has 5 nitrogen and oxygen atoms in total. The molecule has 0 aromatic heterocycles. The number of hydrogen-bond acceptors (Lipinski definition) is 5. The maximum absolute atomic E-state index is 12.7. The van der Waals surface area contributed by atoms with E-state index in [-0.39, 0.29) is 13.0 Å². The third-order valence-corrected chi connectivity index (χ3v) is 4.32. The summed E-state index contributed by atoms with van der Waals surface area (Å²) in [6.07, 6.45) is 4.34. The molecule has 0 heterocycles. The molecule has 0 radical (unpaired) electrons. The van der Waals surface area contributed by atoms with Crippen LogP contribution in [0.5, 0.6) is 0 Å². The standard InChI is InChI=1S/C20H24N2O3/c1-4-25-18(23)20(16-22,13-9-6-10-14-24-3)19(2,15-21)17-11-7-5-8-12-17/h5-9,11-12H,4,10,13-14H2,1-3H3/b9-6+/t19-,20+/m1/s1. The SMILES string of the molecule is CCOC(=O)[C@@](C#N)(C/C=C/CCOC)[C@](C)(C#N)c1ccccc1. The van der Waals surface area contributed by atoms with E-state index in [9.17, 15) is 15.3 Å². The number of esters is 1. The molecule has 0 fully saturated rings. The lowest BCUT2D eigenvalue weighted by Crippen LogP contribution is -2.48. The quantitative estimate of drug-likeness (QED) is 0.390. The Kier molecular flexibility index (Phi) is 7.85. The van der Waals surface area contributed by atoms with Crippen molar-refractivity contribution in [1.82, 2.24) is 0 Å². The molecule has 1 rings (SSSR count). The number of nitriles is 2. The van der Waals surface area contributed by atoms with Crippen molar-refractivity contribution in [2.75, 3.05) is 20.3 Å². The Labute approximate surface area is 149 Å². The molecule has 2 atom stereocenters. The van der Waals surface area contributed by atoms with Crippen LogP contribution in [0.3, 0.4) is 0 Å². The monoisotopic (exact) mass is 340 g/mol. The second-order valence-corrected chi connectivity index (χ2v) is 5.80. The van der Waals surface area contributed by atoms with Gasteiger partial charge in [-0.3, -0.25) is 4.79 Å². The minimum Gasteiger partial charge on any atom is -0.465 e. The number of carbonyl (C=O) groups excluding carboxylic acids is 1. The lowest BCUT2D eigenvalue weighted by atomic mass is 9.60.